The lowest BCUT2D eigenvalue weighted by Crippen LogP contribution is -2.41. The molecule has 0 aliphatic rings. The van der Waals surface area contributed by atoms with E-state index in [0.717, 1.165) is 4.31 Å². The number of para-hydroxylation sites is 1. The van der Waals surface area contributed by atoms with Crippen LogP contribution in [0.3, 0.4) is 0 Å². The van der Waals surface area contributed by atoms with Gasteiger partial charge in [0.1, 0.15) is 0 Å². The lowest BCUT2D eigenvalue weighted by Gasteiger charge is -2.25. The molecule has 0 fully saturated rings. The van der Waals surface area contributed by atoms with Gasteiger partial charge in [-0.1, -0.05) is 41.9 Å². The molecule has 0 atom stereocenters. The third kappa shape index (κ3) is 3.34. The number of sulfonamides is 1. The van der Waals surface area contributed by atoms with E-state index >= 15 is 0 Å². The van der Waals surface area contributed by atoms with E-state index in [0.29, 0.717) is 0 Å². The van der Waals surface area contributed by atoms with E-state index in [4.69, 9.17) is 11.6 Å². The Balaban J connectivity index is 2.56. The minimum absolute atomic E-state index is 0.0221. The van der Waals surface area contributed by atoms with Crippen LogP contribution in [0.4, 0.5) is 5.69 Å². The first-order valence-corrected chi connectivity index (χ1v) is 7.77. The monoisotopic (exact) mass is 324 g/mol. The summed E-state index contributed by atoms with van der Waals surface area (Å²) in [6.45, 7) is -0.818. The van der Waals surface area contributed by atoms with Gasteiger partial charge in [0, 0.05) is 0 Å². The summed E-state index contributed by atoms with van der Waals surface area (Å²) in [5.74, 6) is -1.52. The number of hydrogen-bond donors (Lipinski definition) is 0. The minimum Gasteiger partial charge on any atom is -0.548 e. The van der Waals surface area contributed by atoms with Gasteiger partial charge in [-0.05, 0) is 24.3 Å². The van der Waals surface area contributed by atoms with Crippen molar-refractivity contribution in [2.75, 3.05) is 10.8 Å². The molecule has 110 valence electrons. The number of nitrogens with zero attached hydrogens (tertiary/aromatic N) is 1. The van der Waals surface area contributed by atoms with Crippen LogP contribution in [0.2, 0.25) is 5.02 Å². The van der Waals surface area contributed by atoms with Crippen LogP contribution in [0.25, 0.3) is 0 Å². The highest BCUT2D eigenvalue weighted by atomic mass is 35.5. The molecule has 0 amide bonds. The van der Waals surface area contributed by atoms with Crippen molar-refractivity contribution in [3.63, 3.8) is 0 Å². The summed E-state index contributed by atoms with van der Waals surface area (Å²) in [4.78, 5) is 10.9. The second-order valence-electron chi connectivity index (χ2n) is 4.15. The summed E-state index contributed by atoms with van der Waals surface area (Å²) >= 11 is 5.98. The van der Waals surface area contributed by atoms with Crippen LogP contribution >= 0.6 is 11.6 Å². The fraction of sp³-hybridized carbons (Fsp3) is 0.0714. The molecule has 0 unspecified atom stereocenters. The van der Waals surface area contributed by atoms with E-state index in [9.17, 15) is 18.3 Å². The molecule has 0 aromatic heterocycles. The summed E-state index contributed by atoms with van der Waals surface area (Å²) in [5.41, 5.74) is 0.0900. The number of aliphatic carboxylic acids is 1. The molecule has 0 aliphatic carbocycles. The standard InChI is InChI=1S/C14H12ClNO4S/c15-12-8-4-5-9-13(12)16(10-14(17)18)21(19,20)11-6-2-1-3-7-11/h1-9H,10H2,(H,17,18)/p-1. The summed E-state index contributed by atoms with van der Waals surface area (Å²) in [7, 11) is -4.04. The van der Waals surface area contributed by atoms with Crippen molar-refractivity contribution in [1.82, 2.24) is 0 Å². The molecule has 2 rings (SSSR count). The average molecular weight is 325 g/mol. The number of carboxylic acids is 1. The van der Waals surface area contributed by atoms with Crippen LogP contribution in [-0.4, -0.2) is 20.9 Å². The summed E-state index contributed by atoms with van der Waals surface area (Å²) in [6, 6.07) is 13.7. The largest absolute Gasteiger partial charge is 0.548 e. The molecule has 2 aromatic rings. The van der Waals surface area contributed by atoms with Gasteiger partial charge < -0.3 is 9.90 Å². The topological polar surface area (TPSA) is 77.5 Å². The van der Waals surface area contributed by atoms with Crippen LogP contribution in [0.5, 0.6) is 0 Å². The number of rotatable bonds is 5. The van der Waals surface area contributed by atoms with Crippen molar-refractivity contribution >= 4 is 33.3 Å². The number of hydrogen-bond acceptors (Lipinski definition) is 4. The molecule has 2 aromatic carbocycles. The quantitative estimate of drug-likeness (QED) is 0.830. The van der Waals surface area contributed by atoms with E-state index < -0.39 is 22.5 Å². The van der Waals surface area contributed by atoms with Gasteiger partial charge in [0.2, 0.25) is 0 Å². The molecule has 0 bridgehead atoms. The zero-order chi connectivity index (χ0) is 15.5. The number of anilines is 1. The van der Waals surface area contributed by atoms with Crippen LogP contribution < -0.4 is 9.41 Å². The maximum Gasteiger partial charge on any atom is 0.264 e. The van der Waals surface area contributed by atoms with Crippen molar-refractivity contribution < 1.29 is 18.3 Å². The SMILES string of the molecule is O=C([O-])CN(c1ccccc1Cl)S(=O)(=O)c1ccccc1. The van der Waals surface area contributed by atoms with Crippen molar-refractivity contribution in [1.29, 1.82) is 0 Å². The summed E-state index contributed by atoms with van der Waals surface area (Å²) in [6.07, 6.45) is 0. The fourth-order valence-electron chi connectivity index (χ4n) is 1.79. The predicted molar refractivity (Wildman–Crippen MR) is 77.4 cm³/mol. The van der Waals surface area contributed by atoms with Gasteiger partial charge >= 0.3 is 0 Å². The van der Waals surface area contributed by atoms with E-state index in [1.165, 1.54) is 24.3 Å². The third-order valence-electron chi connectivity index (χ3n) is 2.73. The Morgan fingerprint density at radius 3 is 2.19 bits per heavy atom. The second kappa shape index (κ2) is 6.15. The second-order valence-corrected chi connectivity index (χ2v) is 6.42. The molecular weight excluding hydrogens is 314 g/mol. The molecule has 0 heterocycles. The Hall–Kier alpha value is -2.05. The van der Waals surface area contributed by atoms with Crippen molar-refractivity contribution in [3.8, 4) is 0 Å². The first-order valence-electron chi connectivity index (χ1n) is 5.95. The number of carbonyl (C=O) groups is 1. The fourth-order valence-corrected chi connectivity index (χ4v) is 3.53. The molecule has 7 heteroatoms. The van der Waals surface area contributed by atoms with E-state index in [1.807, 2.05) is 0 Å². The molecule has 0 spiro atoms. The molecule has 0 N–H and O–H groups in total. The Bertz CT molecular complexity index is 747. The zero-order valence-electron chi connectivity index (χ0n) is 10.8. The summed E-state index contributed by atoms with van der Waals surface area (Å²) < 4.78 is 25.9. The molecular formula is C14H11ClNO4S-. The van der Waals surface area contributed by atoms with Crippen LogP contribution in [0, 0.1) is 0 Å². The maximum absolute atomic E-state index is 12.6. The Morgan fingerprint density at radius 2 is 1.62 bits per heavy atom. The Morgan fingerprint density at radius 1 is 1.05 bits per heavy atom. The average Bonchev–Trinajstić information content (AvgIpc) is 2.46. The zero-order valence-corrected chi connectivity index (χ0v) is 12.3. The first kappa shape index (κ1) is 15.3. The van der Waals surface area contributed by atoms with Gasteiger partial charge in [-0.15, -0.1) is 0 Å². The number of carboxylic acid groups (broad SMARTS) is 1. The highest BCUT2D eigenvalue weighted by molar-refractivity contribution is 7.92. The van der Waals surface area contributed by atoms with Crippen LogP contribution in [-0.2, 0) is 14.8 Å². The summed E-state index contributed by atoms with van der Waals surface area (Å²) in [5, 5.41) is 11.0. The number of benzene rings is 2. The molecule has 0 saturated carbocycles. The van der Waals surface area contributed by atoms with Crippen LogP contribution in [0.15, 0.2) is 59.5 Å². The lowest BCUT2D eigenvalue weighted by molar-refractivity contribution is -0.303. The molecule has 21 heavy (non-hydrogen) atoms. The van der Waals surface area contributed by atoms with Crippen LogP contribution in [0.1, 0.15) is 0 Å². The van der Waals surface area contributed by atoms with E-state index in [1.54, 1.807) is 30.3 Å². The normalized spacial score (nSPS) is 11.1. The highest BCUT2D eigenvalue weighted by Gasteiger charge is 2.26. The third-order valence-corrected chi connectivity index (χ3v) is 4.82. The molecule has 5 nitrogen and oxygen atoms in total. The minimum atomic E-state index is -4.04. The Kier molecular flexibility index (Phi) is 4.50. The molecule has 0 aliphatic heterocycles. The van der Waals surface area contributed by atoms with Gasteiger partial charge in [-0.2, -0.15) is 0 Å². The van der Waals surface area contributed by atoms with Gasteiger partial charge in [0.15, 0.2) is 0 Å². The molecule has 0 radical (unpaired) electrons. The highest BCUT2D eigenvalue weighted by Crippen LogP contribution is 2.29. The van der Waals surface area contributed by atoms with Gasteiger partial charge in [0.05, 0.1) is 28.1 Å². The first-order chi connectivity index (χ1) is 9.93. The predicted octanol–water partition coefficient (Wildman–Crippen LogP) is 1.29. The maximum atomic E-state index is 12.6. The lowest BCUT2D eigenvalue weighted by atomic mass is 10.3. The molecule has 0 saturated heterocycles. The van der Waals surface area contributed by atoms with Crippen molar-refractivity contribution in [2.45, 2.75) is 4.90 Å². The van der Waals surface area contributed by atoms with Gasteiger partial charge in [-0.3, -0.25) is 4.31 Å². The van der Waals surface area contributed by atoms with E-state index in [2.05, 4.69) is 0 Å². The Labute approximate surface area is 127 Å². The van der Waals surface area contributed by atoms with Crippen molar-refractivity contribution in [3.05, 3.63) is 59.6 Å². The number of carbonyl (C=O) groups excluding carboxylic acids is 1. The smallest absolute Gasteiger partial charge is 0.264 e. The number of halogens is 1. The van der Waals surface area contributed by atoms with Gasteiger partial charge in [0.25, 0.3) is 10.0 Å². The van der Waals surface area contributed by atoms with Gasteiger partial charge in [-0.25, -0.2) is 8.42 Å². The van der Waals surface area contributed by atoms with E-state index in [-0.39, 0.29) is 15.6 Å². The van der Waals surface area contributed by atoms with Crippen molar-refractivity contribution in [2.24, 2.45) is 0 Å².